The van der Waals surface area contributed by atoms with Crippen LogP contribution in [0.4, 0.5) is 0 Å². The minimum atomic E-state index is 0.206. The van der Waals surface area contributed by atoms with E-state index in [9.17, 15) is 0 Å². The van der Waals surface area contributed by atoms with Crippen molar-refractivity contribution in [3.8, 4) is 11.8 Å². The zero-order valence-electron chi connectivity index (χ0n) is 12.1. The van der Waals surface area contributed by atoms with Crippen molar-refractivity contribution in [3.05, 3.63) is 58.3 Å². The number of hydrogen-bond acceptors (Lipinski definition) is 4. The molecule has 0 bridgehead atoms. The number of halogens is 1. The molecule has 0 spiro atoms. The molecule has 0 amide bonds. The number of benzene rings is 1. The third-order valence-corrected chi connectivity index (χ3v) is 4.34. The third kappa shape index (κ3) is 3.65. The summed E-state index contributed by atoms with van der Waals surface area (Å²) in [6.45, 7) is 2.82. The quantitative estimate of drug-likeness (QED) is 0.841. The highest BCUT2D eigenvalue weighted by Crippen LogP contribution is 2.26. The number of aromatic nitrogens is 1. The highest BCUT2D eigenvalue weighted by molar-refractivity contribution is 9.10. The zero-order valence-corrected chi connectivity index (χ0v) is 13.7. The molecule has 0 radical (unpaired) electrons. The van der Waals surface area contributed by atoms with E-state index in [1.165, 1.54) is 5.56 Å². The van der Waals surface area contributed by atoms with Crippen molar-refractivity contribution in [3.63, 3.8) is 0 Å². The van der Waals surface area contributed by atoms with Gasteiger partial charge in [-0.3, -0.25) is 9.88 Å². The second-order valence-corrected chi connectivity index (χ2v) is 6.23. The first-order chi connectivity index (χ1) is 10.7. The van der Waals surface area contributed by atoms with Crippen molar-refractivity contribution in [2.45, 2.75) is 19.1 Å². The minimum absolute atomic E-state index is 0.206. The average Bonchev–Trinajstić information content (AvgIpc) is 2.97. The second-order valence-electron chi connectivity index (χ2n) is 5.38. The van der Waals surface area contributed by atoms with E-state index >= 15 is 0 Å². The van der Waals surface area contributed by atoms with Gasteiger partial charge in [0.1, 0.15) is 11.9 Å². The Bertz CT molecular complexity index is 681. The fourth-order valence-corrected chi connectivity index (χ4v) is 2.96. The van der Waals surface area contributed by atoms with Gasteiger partial charge in [0.15, 0.2) is 0 Å². The molecule has 1 saturated heterocycles. The lowest BCUT2D eigenvalue weighted by Crippen LogP contribution is -2.24. The Morgan fingerprint density at radius 1 is 1.32 bits per heavy atom. The molecule has 1 aromatic carbocycles. The Kier molecular flexibility index (Phi) is 4.71. The van der Waals surface area contributed by atoms with E-state index in [2.05, 4.69) is 31.9 Å². The molecule has 4 nitrogen and oxygen atoms in total. The molecule has 0 aliphatic carbocycles. The van der Waals surface area contributed by atoms with E-state index in [1.807, 2.05) is 30.3 Å². The molecule has 0 N–H and O–H groups in total. The van der Waals surface area contributed by atoms with E-state index in [0.29, 0.717) is 5.56 Å². The van der Waals surface area contributed by atoms with E-state index in [0.717, 1.165) is 36.3 Å². The van der Waals surface area contributed by atoms with Crippen LogP contribution in [0.5, 0.6) is 5.75 Å². The topological polar surface area (TPSA) is 49.2 Å². The summed E-state index contributed by atoms with van der Waals surface area (Å²) in [6.07, 6.45) is 4.71. The van der Waals surface area contributed by atoms with Gasteiger partial charge in [-0.25, -0.2) is 0 Å². The molecule has 1 aromatic heterocycles. The summed E-state index contributed by atoms with van der Waals surface area (Å²) >= 11 is 3.46. The Morgan fingerprint density at radius 3 is 2.86 bits per heavy atom. The highest BCUT2D eigenvalue weighted by atomic mass is 79.9. The first-order valence-electron chi connectivity index (χ1n) is 7.22. The Morgan fingerprint density at radius 2 is 2.14 bits per heavy atom. The van der Waals surface area contributed by atoms with Gasteiger partial charge < -0.3 is 4.74 Å². The normalized spacial score (nSPS) is 18.1. The summed E-state index contributed by atoms with van der Waals surface area (Å²) in [7, 11) is 0. The van der Waals surface area contributed by atoms with Gasteiger partial charge >= 0.3 is 0 Å². The largest absolute Gasteiger partial charge is 0.488 e. The Hall–Kier alpha value is -1.90. The van der Waals surface area contributed by atoms with Crippen LogP contribution >= 0.6 is 15.9 Å². The van der Waals surface area contributed by atoms with Crippen molar-refractivity contribution in [1.29, 1.82) is 5.26 Å². The summed E-state index contributed by atoms with van der Waals surface area (Å²) < 4.78 is 6.93. The lowest BCUT2D eigenvalue weighted by molar-refractivity contribution is 0.197. The molecule has 1 aliphatic heterocycles. The number of pyridine rings is 1. The first-order valence-corrected chi connectivity index (χ1v) is 8.01. The second kappa shape index (κ2) is 6.91. The van der Waals surface area contributed by atoms with Crippen molar-refractivity contribution >= 4 is 15.9 Å². The predicted octanol–water partition coefficient (Wildman–Crippen LogP) is 3.37. The van der Waals surface area contributed by atoms with Gasteiger partial charge in [-0.2, -0.15) is 5.26 Å². The average molecular weight is 358 g/mol. The van der Waals surface area contributed by atoms with Gasteiger partial charge in [-0.1, -0.05) is 12.1 Å². The molecule has 2 heterocycles. The van der Waals surface area contributed by atoms with Gasteiger partial charge in [0.05, 0.1) is 16.1 Å². The maximum Gasteiger partial charge on any atom is 0.137 e. The number of nitriles is 1. The van der Waals surface area contributed by atoms with Gasteiger partial charge in [0.2, 0.25) is 0 Å². The van der Waals surface area contributed by atoms with Gasteiger partial charge in [0, 0.05) is 32.0 Å². The SMILES string of the molecule is N#Cc1ccc(CN2CCC(Oc3ccncc3Br)C2)cc1. The highest BCUT2D eigenvalue weighted by Gasteiger charge is 2.24. The number of nitrogens with zero attached hydrogens (tertiary/aromatic N) is 3. The number of hydrogen-bond donors (Lipinski definition) is 0. The number of rotatable bonds is 4. The Balaban J connectivity index is 1.56. The summed E-state index contributed by atoms with van der Waals surface area (Å²) in [5.74, 6) is 0.847. The van der Waals surface area contributed by atoms with Crippen molar-refractivity contribution < 1.29 is 4.74 Å². The number of likely N-dealkylation sites (tertiary alicyclic amines) is 1. The summed E-state index contributed by atoms with van der Waals surface area (Å²) in [5.41, 5.74) is 1.93. The summed E-state index contributed by atoms with van der Waals surface area (Å²) in [6, 6.07) is 11.8. The fourth-order valence-electron chi connectivity index (χ4n) is 2.62. The summed E-state index contributed by atoms with van der Waals surface area (Å²) in [5, 5.41) is 8.82. The van der Waals surface area contributed by atoms with E-state index in [-0.39, 0.29) is 6.10 Å². The van der Waals surface area contributed by atoms with Crippen LogP contribution in [0, 0.1) is 11.3 Å². The van der Waals surface area contributed by atoms with Crippen LogP contribution in [0.25, 0.3) is 0 Å². The molecule has 5 heteroatoms. The first kappa shape index (κ1) is 15.0. The molecule has 22 heavy (non-hydrogen) atoms. The molecular formula is C17H16BrN3O. The maximum absolute atomic E-state index is 8.82. The predicted molar refractivity (Wildman–Crippen MR) is 87.4 cm³/mol. The fraction of sp³-hybridized carbons (Fsp3) is 0.294. The van der Waals surface area contributed by atoms with Gasteiger partial charge in [0.25, 0.3) is 0 Å². The summed E-state index contributed by atoms with van der Waals surface area (Å²) in [4.78, 5) is 6.42. The smallest absolute Gasteiger partial charge is 0.137 e. The molecule has 1 atom stereocenters. The van der Waals surface area contributed by atoms with Crippen molar-refractivity contribution in [1.82, 2.24) is 9.88 Å². The van der Waals surface area contributed by atoms with Crippen molar-refractivity contribution in [2.24, 2.45) is 0 Å². The van der Waals surface area contributed by atoms with E-state index in [4.69, 9.17) is 10.00 Å². The molecule has 1 unspecified atom stereocenters. The third-order valence-electron chi connectivity index (χ3n) is 3.75. The van der Waals surface area contributed by atoms with Crippen molar-refractivity contribution in [2.75, 3.05) is 13.1 Å². The molecule has 1 aliphatic rings. The monoisotopic (exact) mass is 357 g/mol. The van der Waals surface area contributed by atoms with E-state index < -0.39 is 0 Å². The standard InChI is InChI=1S/C17H16BrN3O/c18-16-10-20-7-5-17(16)22-15-6-8-21(12-15)11-14-3-1-13(9-19)2-4-14/h1-5,7,10,15H,6,8,11-12H2. The Labute approximate surface area is 138 Å². The van der Waals surface area contributed by atoms with Crippen LogP contribution in [0.15, 0.2) is 47.2 Å². The van der Waals surface area contributed by atoms with Gasteiger partial charge in [-0.15, -0.1) is 0 Å². The van der Waals surface area contributed by atoms with E-state index in [1.54, 1.807) is 12.4 Å². The zero-order chi connectivity index (χ0) is 15.4. The van der Waals surface area contributed by atoms with Crippen LogP contribution < -0.4 is 4.74 Å². The van der Waals surface area contributed by atoms with Crippen LogP contribution in [0.3, 0.4) is 0 Å². The minimum Gasteiger partial charge on any atom is -0.488 e. The van der Waals surface area contributed by atoms with Crippen LogP contribution in [-0.4, -0.2) is 29.1 Å². The lowest BCUT2D eigenvalue weighted by Gasteiger charge is -2.17. The van der Waals surface area contributed by atoms with Crippen LogP contribution in [0.1, 0.15) is 17.5 Å². The molecule has 2 aromatic rings. The maximum atomic E-state index is 8.82. The molecule has 3 rings (SSSR count). The number of ether oxygens (including phenoxy) is 1. The molecule has 112 valence electrons. The molecule has 1 fully saturated rings. The van der Waals surface area contributed by atoms with Crippen LogP contribution in [-0.2, 0) is 6.54 Å². The lowest BCUT2D eigenvalue weighted by atomic mass is 10.1. The molecule has 0 saturated carbocycles. The molecular weight excluding hydrogens is 342 g/mol. The van der Waals surface area contributed by atoms with Crippen LogP contribution in [0.2, 0.25) is 0 Å². The van der Waals surface area contributed by atoms with Gasteiger partial charge in [-0.05, 0) is 46.1 Å².